The number of nitro groups is 1. The van der Waals surface area contributed by atoms with E-state index in [4.69, 9.17) is 5.26 Å². The van der Waals surface area contributed by atoms with Crippen molar-refractivity contribution >= 4 is 17.3 Å². The van der Waals surface area contributed by atoms with Crippen molar-refractivity contribution in [1.82, 2.24) is 0 Å². The third kappa shape index (κ3) is 2.25. The molecule has 0 aromatic heterocycles. The molecule has 7 heteroatoms. The smallest absolute Gasteiger partial charge is 0.304 e. The van der Waals surface area contributed by atoms with E-state index < -0.39 is 27.8 Å². The zero-order chi connectivity index (χ0) is 14.0. The summed E-state index contributed by atoms with van der Waals surface area (Å²) in [5.74, 6) is -1.52. The summed E-state index contributed by atoms with van der Waals surface area (Å²) in [6.07, 6.45) is 1.76. The van der Waals surface area contributed by atoms with Crippen LogP contribution in [0.15, 0.2) is 18.2 Å². The quantitative estimate of drug-likeness (QED) is 0.668. The predicted molar refractivity (Wildman–Crippen MR) is 63.6 cm³/mol. The number of carbonyl (C=O) groups is 1. The molecule has 1 aromatic carbocycles. The zero-order valence-corrected chi connectivity index (χ0v) is 9.85. The Bertz CT molecular complexity index is 590. The number of benzene rings is 1. The first-order valence-electron chi connectivity index (χ1n) is 5.65. The lowest BCUT2D eigenvalue weighted by Crippen LogP contribution is -2.40. The van der Waals surface area contributed by atoms with Crippen LogP contribution in [0.25, 0.3) is 0 Å². The second kappa shape index (κ2) is 4.65. The highest BCUT2D eigenvalue weighted by Crippen LogP contribution is 2.41. The molecule has 2 rings (SSSR count). The van der Waals surface area contributed by atoms with Gasteiger partial charge < -0.3 is 5.32 Å². The van der Waals surface area contributed by atoms with Crippen LogP contribution in [0.2, 0.25) is 0 Å². The van der Waals surface area contributed by atoms with Gasteiger partial charge in [0.25, 0.3) is 0 Å². The molecule has 0 atom stereocenters. The van der Waals surface area contributed by atoms with Gasteiger partial charge in [-0.25, -0.2) is 0 Å². The van der Waals surface area contributed by atoms with Gasteiger partial charge in [0.1, 0.15) is 5.41 Å². The Morgan fingerprint density at radius 3 is 2.63 bits per heavy atom. The molecular weight excluding hydrogens is 253 g/mol. The van der Waals surface area contributed by atoms with Crippen LogP contribution >= 0.6 is 0 Å². The summed E-state index contributed by atoms with van der Waals surface area (Å²) < 4.78 is 13.4. The first-order valence-corrected chi connectivity index (χ1v) is 5.65. The number of nitro benzene ring substituents is 1. The minimum Gasteiger partial charge on any atom is -0.325 e. The molecule has 0 bridgehead atoms. The lowest BCUT2D eigenvalue weighted by Gasteiger charge is -2.33. The minimum absolute atomic E-state index is 0.106. The largest absolute Gasteiger partial charge is 0.325 e. The summed E-state index contributed by atoms with van der Waals surface area (Å²) in [6.45, 7) is 0. The van der Waals surface area contributed by atoms with Gasteiger partial charge in [0, 0.05) is 17.8 Å². The fourth-order valence-corrected chi connectivity index (χ4v) is 1.90. The Morgan fingerprint density at radius 2 is 2.21 bits per heavy atom. The summed E-state index contributed by atoms with van der Waals surface area (Å²) in [6, 6.07) is 5.06. The number of amides is 1. The van der Waals surface area contributed by atoms with Crippen LogP contribution in [-0.2, 0) is 4.79 Å². The number of hydrogen-bond donors (Lipinski definition) is 1. The normalized spacial score (nSPS) is 16.0. The summed E-state index contributed by atoms with van der Waals surface area (Å²) in [7, 11) is 0. The summed E-state index contributed by atoms with van der Waals surface area (Å²) in [4.78, 5) is 21.5. The van der Waals surface area contributed by atoms with Gasteiger partial charge in [-0.1, -0.05) is 0 Å². The molecule has 98 valence electrons. The number of carbonyl (C=O) groups excluding carboxylic acids is 1. The zero-order valence-electron chi connectivity index (χ0n) is 9.85. The van der Waals surface area contributed by atoms with Crippen LogP contribution in [0, 0.1) is 32.7 Å². The highest BCUT2D eigenvalue weighted by atomic mass is 19.1. The van der Waals surface area contributed by atoms with Gasteiger partial charge in [-0.05, 0) is 25.3 Å². The van der Waals surface area contributed by atoms with E-state index in [1.807, 2.05) is 6.07 Å². The third-order valence-corrected chi connectivity index (χ3v) is 3.26. The van der Waals surface area contributed by atoms with Crippen molar-refractivity contribution < 1.29 is 14.1 Å². The predicted octanol–water partition coefficient (Wildman–Crippen LogP) is 2.37. The van der Waals surface area contributed by atoms with E-state index in [-0.39, 0.29) is 5.69 Å². The third-order valence-electron chi connectivity index (χ3n) is 3.26. The molecule has 1 aliphatic carbocycles. The number of nitrogens with zero attached hydrogens (tertiary/aromatic N) is 2. The van der Waals surface area contributed by atoms with Crippen molar-refractivity contribution in [3.63, 3.8) is 0 Å². The maximum absolute atomic E-state index is 13.4. The van der Waals surface area contributed by atoms with Crippen molar-refractivity contribution in [3.8, 4) is 6.07 Å². The van der Waals surface area contributed by atoms with Gasteiger partial charge in [0.15, 0.2) is 0 Å². The first kappa shape index (κ1) is 13.0. The Morgan fingerprint density at radius 1 is 1.53 bits per heavy atom. The Hall–Kier alpha value is -2.49. The molecule has 0 spiro atoms. The van der Waals surface area contributed by atoms with Crippen molar-refractivity contribution in [2.24, 2.45) is 5.41 Å². The number of nitriles is 1. The van der Waals surface area contributed by atoms with Crippen molar-refractivity contribution in [2.45, 2.75) is 19.3 Å². The highest BCUT2D eigenvalue weighted by molar-refractivity contribution is 5.97. The van der Waals surface area contributed by atoms with E-state index in [1.165, 1.54) is 6.07 Å². The average molecular weight is 263 g/mol. The molecule has 0 heterocycles. The molecule has 0 aliphatic heterocycles. The fourth-order valence-electron chi connectivity index (χ4n) is 1.90. The molecule has 0 saturated heterocycles. The van der Waals surface area contributed by atoms with Gasteiger partial charge in [-0.15, -0.1) is 0 Å². The Balaban J connectivity index is 2.16. The number of halogens is 1. The van der Waals surface area contributed by atoms with E-state index >= 15 is 0 Å². The molecule has 1 N–H and O–H groups in total. The number of nitrogens with one attached hydrogen (secondary N) is 1. The minimum atomic E-state index is -1.04. The van der Waals surface area contributed by atoms with E-state index in [2.05, 4.69) is 5.32 Å². The molecule has 0 unspecified atom stereocenters. The van der Waals surface area contributed by atoms with Gasteiger partial charge >= 0.3 is 5.69 Å². The molecule has 1 fully saturated rings. The van der Waals surface area contributed by atoms with E-state index in [0.717, 1.165) is 18.6 Å². The molecule has 0 radical (unpaired) electrons. The van der Waals surface area contributed by atoms with Crippen molar-refractivity contribution in [1.29, 1.82) is 5.26 Å². The molecule has 1 amide bonds. The van der Waals surface area contributed by atoms with Crippen LogP contribution in [-0.4, -0.2) is 10.8 Å². The molecule has 1 saturated carbocycles. The summed E-state index contributed by atoms with van der Waals surface area (Å²) in [5, 5.41) is 21.9. The van der Waals surface area contributed by atoms with Crippen molar-refractivity contribution in [2.75, 3.05) is 5.32 Å². The fraction of sp³-hybridized carbons (Fsp3) is 0.333. The van der Waals surface area contributed by atoms with Crippen molar-refractivity contribution in [3.05, 3.63) is 34.1 Å². The Labute approximate surface area is 108 Å². The molecule has 19 heavy (non-hydrogen) atoms. The monoisotopic (exact) mass is 263 g/mol. The maximum atomic E-state index is 13.4. The van der Waals surface area contributed by atoms with Gasteiger partial charge in [-0.3, -0.25) is 14.9 Å². The average Bonchev–Trinajstić information content (AvgIpc) is 2.27. The van der Waals surface area contributed by atoms with E-state index in [9.17, 15) is 19.3 Å². The topological polar surface area (TPSA) is 96.0 Å². The maximum Gasteiger partial charge on any atom is 0.304 e. The van der Waals surface area contributed by atoms with Gasteiger partial charge in [0.05, 0.1) is 11.0 Å². The Kier molecular flexibility index (Phi) is 3.17. The van der Waals surface area contributed by atoms with Gasteiger partial charge in [-0.2, -0.15) is 9.65 Å². The molecule has 1 aromatic rings. The summed E-state index contributed by atoms with van der Waals surface area (Å²) >= 11 is 0. The molecule has 1 aliphatic rings. The van der Waals surface area contributed by atoms with Crippen LogP contribution in [0.5, 0.6) is 0 Å². The van der Waals surface area contributed by atoms with Gasteiger partial charge in [0.2, 0.25) is 11.7 Å². The van der Waals surface area contributed by atoms with E-state index in [0.29, 0.717) is 12.8 Å². The van der Waals surface area contributed by atoms with Crippen LogP contribution in [0.3, 0.4) is 0 Å². The first-order chi connectivity index (χ1) is 8.98. The second-order valence-corrected chi connectivity index (χ2v) is 4.42. The number of rotatable bonds is 3. The number of hydrogen-bond acceptors (Lipinski definition) is 4. The standard InChI is InChI=1S/C12H10FN3O3/c13-9-6-8(2-3-10(9)16(18)19)15-11(17)12(7-14)4-1-5-12/h2-3,6H,1,4-5H2,(H,15,17). The van der Waals surface area contributed by atoms with E-state index in [1.54, 1.807) is 0 Å². The van der Waals surface area contributed by atoms with Crippen LogP contribution in [0.1, 0.15) is 19.3 Å². The second-order valence-electron chi connectivity index (χ2n) is 4.42. The lowest BCUT2D eigenvalue weighted by atomic mass is 9.69. The number of anilines is 1. The van der Waals surface area contributed by atoms with Crippen LogP contribution in [0.4, 0.5) is 15.8 Å². The highest BCUT2D eigenvalue weighted by Gasteiger charge is 2.44. The van der Waals surface area contributed by atoms with Crippen LogP contribution < -0.4 is 5.32 Å². The lowest BCUT2D eigenvalue weighted by molar-refractivity contribution is -0.387. The molecular formula is C12H10FN3O3. The molecule has 6 nitrogen and oxygen atoms in total. The SMILES string of the molecule is N#CC1(C(=O)Nc2ccc([N+](=O)[O-])c(F)c2)CCC1. The summed E-state index contributed by atoms with van der Waals surface area (Å²) in [5.41, 5.74) is -1.59.